The van der Waals surface area contributed by atoms with Crippen LogP contribution in [-0.2, 0) is 17.8 Å². The molecule has 0 saturated heterocycles. The number of aliphatic hydroxyl groups excluding tert-OH is 1. The molecule has 1 aromatic carbocycles. The second-order valence-electron chi connectivity index (χ2n) is 7.55. The predicted molar refractivity (Wildman–Crippen MR) is 92.1 cm³/mol. The highest BCUT2D eigenvalue weighted by molar-refractivity contribution is 5.67. The van der Waals surface area contributed by atoms with Crippen molar-refractivity contribution in [3.63, 3.8) is 0 Å². The van der Waals surface area contributed by atoms with E-state index in [-0.39, 0.29) is 12.0 Å². The largest absolute Gasteiger partial charge is 0.444 e. The van der Waals surface area contributed by atoms with E-state index in [1.54, 1.807) is 0 Å². The molecule has 5 nitrogen and oxygen atoms in total. The van der Waals surface area contributed by atoms with Crippen molar-refractivity contribution in [2.75, 3.05) is 13.2 Å². The van der Waals surface area contributed by atoms with E-state index in [2.05, 4.69) is 10.6 Å². The second-order valence-corrected chi connectivity index (χ2v) is 7.55. The van der Waals surface area contributed by atoms with Crippen molar-refractivity contribution in [1.29, 1.82) is 0 Å². The molecule has 23 heavy (non-hydrogen) atoms. The first kappa shape index (κ1) is 19.5. The Kier molecular flexibility index (Phi) is 7.03. The van der Waals surface area contributed by atoms with Gasteiger partial charge in [-0.1, -0.05) is 38.1 Å². The minimum Gasteiger partial charge on any atom is -0.444 e. The molecule has 1 amide bonds. The van der Waals surface area contributed by atoms with E-state index >= 15 is 0 Å². The van der Waals surface area contributed by atoms with Gasteiger partial charge in [0.2, 0.25) is 0 Å². The van der Waals surface area contributed by atoms with Crippen LogP contribution in [-0.4, -0.2) is 30.0 Å². The Morgan fingerprint density at radius 2 is 1.65 bits per heavy atom. The highest BCUT2D eigenvalue weighted by Crippen LogP contribution is 2.13. The number of alkyl carbamates (subject to hydrolysis) is 1. The summed E-state index contributed by atoms with van der Waals surface area (Å²) in [4.78, 5) is 11.8. The Hall–Kier alpha value is -1.59. The first-order valence-electron chi connectivity index (χ1n) is 7.98. The van der Waals surface area contributed by atoms with Gasteiger partial charge in [0, 0.05) is 31.7 Å². The maximum Gasteiger partial charge on any atom is 0.407 e. The average Bonchev–Trinajstić information content (AvgIpc) is 2.44. The van der Waals surface area contributed by atoms with Crippen LogP contribution in [0.4, 0.5) is 4.79 Å². The van der Waals surface area contributed by atoms with E-state index in [1.165, 1.54) is 0 Å². The number of aliphatic hydroxyl groups is 1. The third-order valence-corrected chi connectivity index (χ3v) is 3.29. The quantitative estimate of drug-likeness (QED) is 0.722. The molecule has 0 heterocycles. The van der Waals surface area contributed by atoms with Crippen molar-refractivity contribution in [1.82, 2.24) is 10.6 Å². The molecule has 0 aromatic heterocycles. The summed E-state index contributed by atoms with van der Waals surface area (Å²) in [6, 6.07) is 7.95. The summed E-state index contributed by atoms with van der Waals surface area (Å²) in [6.45, 7) is 11.5. The summed E-state index contributed by atoms with van der Waals surface area (Å²) >= 11 is 0. The molecule has 0 spiro atoms. The van der Waals surface area contributed by atoms with Crippen molar-refractivity contribution >= 4 is 6.09 Å². The van der Waals surface area contributed by atoms with Gasteiger partial charge in [0.05, 0.1) is 0 Å². The number of carbonyl (C=O) groups is 1. The van der Waals surface area contributed by atoms with E-state index in [0.717, 1.165) is 17.7 Å². The highest BCUT2D eigenvalue weighted by Gasteiger charge is 2.17. The maximum atomic E-state index is 11.8. The minimum atomic E-state index is -0.499. The molecule has 0 radical (unpaired) electrons. The third-order valence-electron chi connectivity index (χ3n) is 3.29. The van der Waals surface area contributed by atoms with Gasteiger partial charge in [-0.05, 0) is 31.9 Å². The molecule has 0 atom stereocenters. The summed E-state index contributed by atoms with van der Waals surface area (Å²) in [5.74, 6) is 0. The van der Waals surface area contributed by atoms with Gasteiger partial charge in [-0.15, -0.1) is 0 Å². The fourth-order valence-electron chi connectivity index (χ4n) is 1.98. The normalized spacial score (nSPS) is 12.1. The fraction of sp³-hybridized carbons (Fsp3) is 0.611. The Morgan fingerprint density at radius 3 is 2.17 bits per heavy atom. The van der Waals surface area contributed by atoms with E-state index < -0.39 is 11.7 Å². The smallest absolute Gasteiger partial charge is 0.407 e. The lowest BCUT2D eigenvalue weighted by atomic mass is 9.95. The van der Waals surface area contributed by atoms with E-state index in [4.69, 9.17) is 4.74 Å². The van der Waals surface area contributed by atoms with Crippen molar-refractivity contribution in [3.8, 4) is 0 Å². The van der Waals surface area contributed by atoms with Gasteiger partial charge in [0.25, 0.3) is 0 Å². The van der Waals surface area contributed by atoms with Crippen LogP contribution in [0.2, 0.25) is 0 Å². The van der Waals surface area contributed by atoms with Gasteiger partial charge >= 0.3 is 6.09 Å². The lowest BCUT2D eigenvalue weighted by Gasteiger charge is -2.22. The molecular weight excluding hydrogens is 292 g/mol. The van der Waals surface area contributed by atoms with Gasteiger partial charge in [-0.25, -0.2) is 4.79 Å². The molecule has 0 aliphatic heterocycles. The number of hydrogen-bond acceptors (Lipinski definition) is 4. The Labute approximate surface area is 139 Å². The lowest BCUT2D eigenvalue weighted by Crippen LogP contribution is -2.33. The van der Waals surface area contributed by atoms with Crippen LogP contribution in [0.5, 0.6) is 0 Å². The van der Waals surface area contributed by atoms with Crippen LogP contribution >= 0.6 is 0 Å². The molecule has 0 aliphatic carbocycles. The van der Waals surface area contributed by atoms with Crippen molar-refractivity contribution in [3.05, 3.63) is 35.4 Å². The SMILES string of the molecule is CC(C)(CO)CNCc1ccccc1CNC(=O)OC(C)(C)C. The summed E-state index contributed by atoms with van der Waals surface area (Å²) in [7, 11) is 0. The van der Waals surface area contributed by atoms with E-state index in [1.807, 2.05) is 58.9 Å². The summed E-state index contributed by atoms with van der Waals surface area (Å²) in [5, 5.41) is 15.4. The zero-order valence-corrected chi connectivity index (χ0v) is 14.9. The standard InChI is InChI=1S/C18H30N2O3/c1-17(2,3)23-16(22)20-11-15-9-7-6-8-14(15)10-19-12-18(4,5)13-21/h6-9,19,21H,10-13H2,1-5H3,(H,20,22). The van der Waals surface area contributed by atoms with Crippen LogP contribution in [0, 0.1) is 5.41 Å². The number of rotatable bonds is 7. The van der Waals surface area contributed by atoms with Gasteiger partial charge < -0.3 is 20.5 Å². The molecule has 0 fully saturated rings. The van der Waals surface area contributed by atoms with Crippen molar-refractivity contribution in [2.24, 2.45) is 5.41 Å². The van der Waals surface area contributed by atoms with Crippen LogP contribution < -0.4 is 10.6 Å². The van der Waals surface area contributed by atoms with Gasteiger partial charge in [-0.2, -0.15) is 0 Å². The van der Waals surface area contributed by atoms with Crippen molar-refractivity contribution in [2.45, 2.75) is 53.3 Å². The summed E-state index contributed by atoms with van der Waals surface area (Å²) in [5.41, 5.74) is 1.52. The number of benzene rings is 1. The van der Waals surface area contributed by atoms with Gasteiger partial charge in [0.1, 0.15) is 5.60 Å². The molecule has 5 heteroatoms. The number of ether oxygens (including phenoxy) is 1. The average molecular weight is 322 g/mol. The molecule has 130 valence electrons. The zero-order valence-electron chi connectivity index (χ0n) is 14.9. The van der Waals surface area contributed by atoms with Crippen LogP contribution in [0.1, 0.15) is 45.7 Å². The molecule has 0 bridgehead atoms. The Morgan fingerprint density at radius 1 is 1.09 bits per heavy atom. The van der Waals surface area contributed by atoms with Gasteiger partial charge in [0.15, 0.2) is 0 Å². The Balaban J connectivity index is 2.55. The molecule has 0 unspecified atom stereocenters. The first-order valence-corrected chi connectivity index (χ1v) is 7.98. The van der Waals surface area contributed by atoms with Crippen LogP contribution in [0.25, 0.3) is 0 Å². The number of amides is 1. The molecular formula is C18H30N2O3. The summed E-state index contributed by atoms with van der Waals surface area (Å²) < 4.78 is 5.25. The molecule has 0 aliphatic rings. The Bertz CT molecular complexity index is 507. The highest BCUT2D eigenvalue weighted by atomic mass is 16.6. The van der Waals surface area contributed by atoms with Crippen LogP contribution in [0.3, 0.4) is 0 Å². The molecule has 1 rings (SSSR count). The van der Waals surface area contributed by atoms with E-state index in [9.17, 15) is 9.90 Å². The lowest BCUT2D eigenvalue weighted by molar-refractivity contribution is 0.0523. The number of carbonyl (C=O) groups excluding carboxylic acids is 1. The number of nitrogens with one attached hydrogen (secondary N) is 2. The predicted octanol–water partition coefficient (Wildman–Crippen LogP) is 2.82. The molecule has 0 saturated carbocycles. The fourth-order valence-corrected chi connectivity index (χ4v) is 1.98. The summed E-state index contributed by atoms with van der Waals surface area (Å²) in [6.07, 6.45) is -0.415. The van der Waals surface area contributed by atoms with Crippen LogP contribution in [0.15, 0.2) is 24.3 Å². The monoisotopic (exact) mass is 322 g/mol. The minimum absolute atomic E-state index is 0.141. The maximum absolute atomic E-state index is 11.8. The zero-order chi connectivity index (χ0) is 17.5. The van der Waals surface area contributed by atoms with Gasteiger partial charge in [-0.3, -0.25) is 0 Å². The van der Waals surface area contributed by atoms with Crippen molar-refractivity contribution < 1.29 is 14.6 Å². The molecule has 3 N–H and O–H groups in total. The topological polar surface area (TPSA) is 70.6 Å². The first-order chi connectivity index (χ1) is 10.6. The van der Waals surface area contributed by atoms with E-state index in [0.29, 0.717) is 13.1 Å². The number of hydrogen-bond donors (Lipinski definition) is 3. The molecule has 1 aromatic rings. The third kappa shape index (κ3) is 8.00. The second kappa shape index (κ2) is 8.31.